The summed E-state index contributed by atoms with van der Waals surface area (Å²) in [5.41, 5.74) is 2.71. The van der Waals surface area contributed by atoms with E-state index in [0.717, 1.165) is 24.0 Å². The molecule has 24 heavy (non-hydrogen) atoms. The fourth-order valence-corrected chi connectivity index (χ4v) is 6.22. The molecule has 2 fully saturated rings. The molecule has 0 heterocycles. The Hall–Kier alpha value is -1.11. The second-order valence-electron chi connectivity index (χ2n) is 8.13. The molecule has 3 aliphatic carbocycles. The minimum atomic E-state index is -4.30. The van der Waals surface area contributed by atoms with Crippen LogP contribution in [0.4, 0.5) is 5.69 Å². The fourth-order valence-electron chi connectivity index (χ4n) is 5.79. The molecule has 6 heteroatoms. The van der Waals surface area contributed by atoms with Crippen LogP contribution in [0.3, 0.4) is 0 Å². The molecular formula is C18H25NO4S. The summed E-state index contributed by atoms with van der Waals surface area (Å²) in [6.07, 6.45) is 6.44. The van der Waals surface area contributed by atoms with Gasteiger partial charge in [0, 0.05) is 0 Å². The highest BCUT2D eigenvalue weighted by atomic mass is 32.2. The smallest absolute Gasteiger partial charge is 0.357 e. The Bertz CT molecular complexity index is 762. The van der Waals surface area contributed by atoms with Crippen LogP contribution in [0.2, 0.25) is 0 Å². The van der Waals surface area contributed by atoms with Crippen molar-refractivity contribution in [2.24, 2.45) is 17.3 Å². The standard InChI is InChI=1S/C18H25NO4S/c1-18-7-2-3-16(18)14-10-17(20)15-9-11(19-24(21,22)23)4-5-12(15)13(14)6-8-18/h4-5,9,13-14,16-17,19-20H,2-3,6-8,10H2,1H3,(H,21,22,23)/t13-,14-,16+,17+,18+/m1/s1. The number of rotatable bonds is 2. The van der Waals surface area contributed by atoms with Gasteiger partial charge in [-0.2, -0.15) is 8.42 Å². The molecule has 4 rings (SSSR count). The Balaban J connectivity index is 1.69. The van der Waals surface area contributed by atoms with Crippen molar-refractivity contribution in [2.45, 2.75) is 57.5 Å². The highest BCUT2D eigenvalue weighted by Gasteiger charge is 2.51. The van der Waals surface area contributed by atoms with Gasteiger partial charge < -0.3 is 5.11 Å². The zero-order valence-corrected chi connectivity index (χ0v) is 14.7. The lowest BCUT2D eigenvalue weighted by Gasteiger charge is -2.50. The van der Waals surface area contributed by atoms with Gasteiger partial charge in [-0.25, -0.2) is 0 Å². The molecule has 0 unspecified atom stereocenters. The first-order valence-electron chi connectivity index (χ1n) is 8.84. The van der Waals surface area contributed by atoms with Gasteiger partial charge in [-0.1, -0.05) is 19.4 Å². The van der Waals surface area contributed by atoms with Gasteiger partial charge >= 0.3 is 10.3 Å². The normalized spacial score (nSPS) is 38.1. The average molecular weight is 351 g/mol. The molecule has 5 atom stereocenters. The number of fused-ring (bicyclic) bond motifs is 5. The van der Waals surface area contributed by atoms with Crippen molar-refractivity contribution < 1.29 is 18.1 Å². The van der Waals surface area contributed by atoms with Crippen LogP contribution in [0.1, 0.15) is 68.6 Å². The summed E-state index contributed by atoms with van der Waals surface area (Å²) in [6, 6.07) is 5.29. The molecule has 0 spiro atoms. The summed E-state index contributed by atoms with van der Waals surface area (Å²) in [5.74, 6) is 1.67. The van der Waals surface area contributed by atoms with Gasteiger partial charge in [0.2, 0.25) is 0 Å². The lowest BCUT2D eigenvalue weighted by molar-refractivity contribution is 0.0182. The summed E-state index contributed by atoms with van der Waals surface area (Å²) in [5, 5.41) is 10.7. The topological polar surface area (TPSA) is 86.6 Å². The number of anilines is 1. The number of nitrogens with one attached hydrogen (secondary N) is 1. The van der Waals surface area contributed by atoms with E-state index in [-0.39, 0.29) is 0 Å². The zero-order chi connectivity index (χ0) is 17.1. The monoisotopic (exact) mass is 351 g/mol. The van der Waals surface area contributed by atoms with E-state index in [0.29, 0.717) is 28.9 Å². The first kappa shape index (κ1) is 16.4. The summed E-state index contributed by atoms with van der Waals surface area (Å²) in [6.45, 7) is 2.42. The molecule has 0 amide bonds. The lowest BCUT2D eigenvalue weighted by atomic mass is 9.55. The van der Waals surface area contributed by atoms with Crippen molar-refractivity contribution in [3.63, 3.8) is 0 Å². The first-order chi connectivity index (χ1) is 11.3. The van der Waals surface area contributed by atoms with Crippen LogP contribution in [-0.4, -0.2) is 18.1 Å². The van der Waals surface area contributed by atoms with Crippen LogP contribution in [-0.2, 0) is 10.3 Å². The number of hydrogen-bond donors (Lipinski definition) is 3. The van der Waals surface area contributed by atoms with Gasteiger partial charge in [-0.05, 0) is 78.5 Å². The van der Waals surface area contributed by atoms with Crippen LogP contribution in [0.5, 0.6) is 0 Å². The number of aliphatic hydroxyl groups excluding tert-OH is 1. The van der Waals surface area contributed by atoms with Crippen molar-refractivity contribution in [1.29, 1.82) is 0 Å². The van der Waals surface area contributed by atoms with Gasteiger partial charge in [-0.15, -0.1) is 0 Å². The maximum atomic E-state index is 11.0. The molecule has 0 radical (unpaired) electrons. The number of hydrogen-bond acceptors (Lipinski definition) is 3. The third-order valence-electron chi connectivity index (χ3n) is 6.81. The van der Waals surface area contributed by atoms with E-state index >= 15 is 0 Å². The Kier molecular flexibility index (Phi) is 3.71. The molecule has 3 aliphatic rings. The summed E-state index contributed by atoms with van der Waals surface area (Å²) >= 11 is 0. The maximum Gasteiger partial charge on any atom is 0.357 e. The predicted molar refractivity (Wildman–Crippen MR) is 92.1 cm³/mol. The average Bonchev–Trinajstić information content (AvgIpc) is 2.88. The van der Waals surface area contributed by atoms with Crippen molar-refractivity contribution in [2.75, 3.05) is 4.72 Å². The van der Waals surface area contributed by atoms with Gasteiger partial charge in [0.25, 0.3) is 0 Å². The van der Waals surface area contributed by atoms with Crippen LogP contribution < -0.4 is 4.72 Å². The quantitative estimate of drug-likeness (QED) is 0.710. The molecule has 3 N–H and O–H groups in total. The molecule has 0 aromatic heterocycles. The molecule has 5 nitrogen and oxygen atoms in total. The molecule has 1 aromatic rings. The zero-order valence-electron chi connectivity index (χ0n) is 13.9. The van der Waals surface area contributed by atoms with Crippen LogP contribution in [0, 0.1) is 17.3 Å². The second kappa shape index (κ2) is 5.44. The van der Waals surface area contributed by atoms with E-state index < -0.39 is 16.4 Å². The van der Waals surface area contributed by atoms with E-state index in [4.69, 9.17) is 4.55 Å². The maximum absolute atomic E-state index is 11.0. The molecule has 0 aliphatic heterocycles. The van der Waals surface area contributed by atoms with Crippen LogP contribution >= 0.6 is 0 Å². The van der Waals surface area contributed by atoms with Gasteiger partial charge in [0.1, 0.15) is 0 Å². The van der Waals surface area contributed by atoms with Crippen LogP contribution in [0.25, 0.3) is 0 Å². The Labute approximate surface area is 143 Å². The Morgan fingerprint density at radius 3 is 2.75 bits per heavy atom. The highest BCUT2D eigenvalue weighted by molar-refractivity contribution is 7.87. The third-order valence-corrected chi connectivity index (χ3v) is 7.30. The van der Waals surface area contributed by atoms with Gasteiger partial charge in [-0.3, -0.25) is 9.27 Å². The third kappa shape index (κ3) is 2.65. The summed E-state index contributed by atoms with van der Waals surface area (Å²) in [7, 11) is -4.30. The lowest BCUT2D eigenvalue weighted by Crippen LogP contribution is -2.40. The fraction of sp³-hybridized carbons (Fsp3) is 0.667. The van der Waals surface area contributed by atoms with Crippen molar-refractivity contribution in [3.05, 3.63) is 29.3 Å². The molecule has 0 saturated heterocycles. The van der Waals surface area contributed by atoms with Gasteiger partial charge in [0.05, 0.1) is 11.8 Å². The highest BCUT2D eigenvalue weighted by Crippen LogP contribution is 2.62. The minimum absolute atomic E-state index is 0.301. The van der Waals surface area contributed by atoms with E-state index in [9.17, 15) is 13.5 Å². The van der Waals surface area contributed by atoms with E-state index in [1.165, 1.54) is 25.7 Å². The molecule has 132 valence electrons. The predicted octanol–water partition coefficient (Wildman–Crippen LogP) is 3.64. The van der Waals surface area contributed by atoms with Crippen molar-refractivity contribution in [1.82, 2.24) is 0 Å². The molecule has 2 saturated carbocycles. The minimum Gasteiger partial charge on any atom is -0.388 e. The van der Waals surface area contributed by atoms with Gasteiger partial charge in [0.15, 0.2) is 0 Å². The SMILES string of the molecule is C[C@@]12CCC[C@H]1[C@@H]1C[C@H](O)c3cc(NS(=O)(=O)O)ccc3[C@H]1CC2. The van der Waals surface area contributed by atoms with E-state index in [2.05, 4.69) is 11.6 Å². The first-order valence-corrected chi connectivity index (χ1v) is 10.3. The number of benzene rings is 1. The molecular weight excluding hydrogens is 326 g/mol. The number of aliphatic hydroxyl groups is 1. The second-order valence-corrected chi connectivity index (χ2v) is 9.29. The van der Waals surface area contributed by atoms with Crippen molar-refractivity contribution in [3.8, 4) is 0 Å². The summed E-state index contributed by atoms with van der Waals surface area (Å²) < 4.78 is 33.1. The van der Waals surface area contributed by atoms with E-state index in [1.807, 2.05) is 6.07 Å². The summed E-state index contributed by atoms with van der Waals surface area (Å²) in [4.78, 5) is 0. The van der Waals surface area contributed by atoms with E-state index in [1.54, 1.807) is 12.1 Å². The van der Waals surface area contributed by atoms with Crippen molar-refractivity contribution >= 4 is 16.0 Å². The van der Waals surface area contributed by atoms with Crippen LogP contribution in [0.15, 0.2) is 18.2 Å². The Morgan fingerprint density at radius 1 is 1.21 bits per heavy atom. The Morgan fingerprint density at radius 2 is 2.00 bits per heavy atom. The largest absolute Gasteiger partial charge is 0.388 e. The molecule has 1 aromatic carbocycles. The molecule has 0 bridgehead atoms.